The number of non-ortho nitro benzene ring substituents is 2. The first-order chi connectivity index (χ1) is 31.1. The topological polar surface area (TPSA) is 258 Å². The number of rotatable bonds is 30. The Morgan fingerprint density at radius 3 is 1.09 bits per heavy atom. The largest absolute Gasteiger partial charge is 0.508 e. The van der Waals surface area contributed by atoms with Crippen molar-refractivity contribution in [2.24, 2.45) is 0 Å². The Balaban J connectivity index is 0.000000380. The lowest BCUT2D eigenvalue weighted by atomic mass is 10.2. The second-order valence-electron chi connectivity index (χ2n) is 13.2. The van der Waals surface area contributed by atoms with Gasteiger partial charge in [-0.15, -0.1) is 0 Å². The van der Waals surface area contributed by atoms with Crippen molar-refractivity contribution < 1.29 is 73.3 Å². The van der Waals surface area contributed by atoms with Gasteiger partial charge in [0.2, 0.25) is 0 Å². The Bertz CT molecular complexity index is 2120. The van der Waals surface area contributed by atoms with Gasteiger partial charge in [-0.3, -0.25) is 28.6 Å². The molecule has 4 rings (SSSR count). The molecule has 0 aliphatic carbocycles. The van der Waals surface area contributed by atoms with E-state index in [4.69, 9.17) is 46.6 Å². The van der Waals surface area contributed by atoms with Crippen molar-refractivity contribution in [1.29, 1.82) is 0 Å². The van der Waals surface area contributed by atoms with Crippen LogP contribution in [0.4, 0.5) is 11.4 Å². The summed E-state index contributed by atoms with van der Waals surface area (Å²) in [6, 6.07) is 23.8. The summed E-state index contributed by atoms with van der Waals surface area (Å²) in [7, 11) is -7.49. The number of aryl methyl sites for hydroxylation is 2. The third kappa shape index (κ3) is 25.8. The molecule has 20 nitrogen and oxygen atoms in total. The third-order valence-electron chi connectivity index (χ3n) is 7.99. The number of benzene rings is 4. The molecular weight excluding hydrogens is 897 g/mol. The molecule has 0 unspecified atom stereocenters. The summed E-state index contributed by atoms with van der Waals surface area (Å²) < 4.78 is 94.8. The number of nitro benzene ring substituents is 2. The van der Waals surface area contributed by atoms with E-state index in [2.05, 4.69) is 6.92 Å². The summed E-state index contributed by atoms with van der Waals surface area (Å²) in [5.74, 6) is 0.564. The third-order valence-corrected chi connectivity index (χ3v) is 10.6. The van der Waals surface area contributed by atoms with Crippen LogP contribution >= 0.6 is 0 Å². The molecule has 0 radical (unpaired) electrons. The van der Waals surface area contributed by atoms with E-state index in [9.17, 15) is 37.1 Å². The molecule has 0 aliphatic heterocycles. The van der Waals surface area contributed by atoms with Gasteiger partial charge in [0.15, 0.2) is 0 Å². The molecule has 0 atom stereocenters. The molecule has 0 fully saturated rings. The zero-order chi connectivity index (χ0) is 47.8. The summed E-state index contributed by atoms with van der Waals surface area (Å²) in [4.78, 5) is 19.9. The molecule has 360 valence electrons. The van der Waals surface area contributed by atoms with E-state index in [1.807, 2.05) is 13.8 Å². The quantitative estimate of drug-likeness (QED) is 0.0264. The number of phenols is 1. The molecule has 0 saturated heterocycles. The zero-order valence-electron chi connectivity index (χ0n) is 36.6. The monoisotopic (exact) mass is 954 g/mol. The zero-order valence-corrected chi connectivity index (χ0v) is 38.3. The van der Waals surface area contributed by atoms with Crippen LogP contribution in [0.3, 0.4) is 0 Å². The summed E-state index contributed by atoms with van der Waals surface area (Å²) in [6.45, 7) is 10.8. The SMILES string of the molecule is CCCOCCOCCOCCOS(=O)(=O)c1ccc(C)cc1.Cc1ccc(S(=O)(=O)OCCOCCOCCOCCOc2ccc([N+](=O)[O-])cc2)cc1.O=[N+]([O-])c1ccc(O)cc1. The van der Waals surface area contributed by atoms with Crippen molar-refractivity contribution in [2.45, 2.75) is 37.0 Å². The standard InChI is InChI=1S/C21H27NO9S.C16H26O6S.C6H5NO3/c1-18-2-8-21(9-3-18)32(25,26)31-17-15-29-13-11-27-10-12-28-14-16-30-20-6-4-19(5-7-20)22(23)24;1-3-8-19-9-10-20-11-12-21-13-14-22-23(17,18)16-6-4-15(2)5-7-16;8-6-3-1-5(2-4-6)7(9)10/h2-9H,10-17H2,1H3;4-7H,3,8-14H2,1-2H3;1-4,8H. The first-order valence-electron chi connectivity index (χ1n) is 20.3. The fourth-order valence-corrected chi connectivity index (χ4v) is 6.42. The molecule has 22 heteroatoms. The number of hydrogen-bond acceptors (Lipinski definition) is 18. The lowest BCUT2D eigenvalue weighted by Crippen LogP contribution is -2.15. The van der Waals surface area contributed by atoms with E-state index in [-0.39, 0.29) is 53.3 Å². The van der Waals surface area contributed by atoms with Crippen molar-refractivity contribution in [2.75, 3.05) is 99.1 Å². The molecule has 0 amide bonds. The van der Waals surface area contributed by atoms with Crippen LogP contribution in [-0.2, 0) is 57.0 Å². The number of nitrogens with zero attached hydrogens (tertiary/aromatic N) is 2. The van der Waals surface area contributed by atoms with Crippen LogP contribution in [-0.4, -0.2) is 131 Å². The molecule has 0 spiro atoms. The Morgan fingerprint density at radius 1 is 0.446 bits per heavy atom. The summed E-state index contributed by atoms with van der Waals surface area (Å²) in [5.41, 5.74) is 1.95. The molecule has 1 N–H and O–H groups in total. The maximum atomic E-state index is 12.0. The van der Waals surface area contributed by atoms with Crippen LogP contribution in [0.15, 0.2) is 107 Å². The van der Waals surface area contributed by atoms with E-state index in [0.717, 1.165) is 24.2 Å². The number of hydrogen-bond donors (Lipinski definition) is 1. The first-order valence-corrected chi connectivity index (χ1v) is 23.2. The summed E-state index contributed by atoms with van der Waals surface area (Å²) in [5, 5.41) is 29.3. The van der Waals surface area contributed by atoms with E-state index in [1.165, 1.54) is 72.8 Å². The van der Waals surface area contributed by atoms with Gasteiger partial charge in [0.25, 0.3) is 31.6 Å². The summed E-state index contributed by atoms with van der Waals surface area (Å²) in [6.07, 6.45) is 0.995. The van der Waals surface area contributed by atoms with Crippen molar-refractivity contribution in [3.05, 3.63) is 128 Å². The van der Waals surface area contributed by atoms with Gasteiger partial charge in [-0.1, -0.05) is 42.3 Å². The fourth-order valence-electron chi connectivity index (χ4n) is 4.64. The number of aromatic hydroxyl groups is 1. The predicted octanol–water partition coefficient (Wildman–Crippen LogP) is 6.20. The number of phenolic OH excluding ortho intramolecular Hbond substituents is 1. The van der Waals surface area contributed by atoms with Crippen LogP contribution in [0.5, 0.6) is 11.5 Å². The molecule has 0 aromatic heterocycles. The smallest absolute Gasteiger partial charge is 0.297 e. The van der Waals surface area contributed by atoms with Crippen LogP contribution < -0.4 is 4.74 Å². The highest BCUT2D eigenvalue weighted by Gasteiger charge is 2.15. The van der Waals surface area contributed by atoms with Crippen molar-refractivity contribution in [3.63, 3.8) is 0 Å². The number of nitro groups is 2. The minimum absolute atomic E-state index is 0.00883. The van der Waals surface area contributed by atoms with Gasteiger partial charge in [-0.05, 0) is 68.8 Å². The van der Waals surface area contributed by atoms with Crippen LogP contribution in [0, 0.1) is 34.1 Å². The number of ether oxygens (including phenoxy) is 7. The van der Waals surface area contributed by atoms with Gasteiger partial charge in [-0.2, -0.15) is 16.8 Å². The first kappa shape index (κ1) is 56.0. The molecule has 4 aromatic rings. The van der Waals surface area contributed by atoms with Crippen molar-refractivity contribution in [1.82, 2.24) is 0 Å². The second-order valence-corrected chi connectivity index (χ2v) is 16.5. The minimum atomic E-state index is -3.78. The predicted molar refractivity (Wildman–Crippen MR) is 237 cm³/mol. The highest BCUT2D eigenvalue weighted by atomic mass is 32.2. The molecular formula is C43H58N2O18S2. The van der Waals surface area contributed by atoms with Gasteiger partial charge < -0.3 is 38.3 Å². The fraction of sp³-hybridized carbons (Fsp3) is 0.442. The Labute approximate surface area is 379 Å². The maximum absolute atomic E-state index is 12.0. The highest BCUT2D eigenvalue weighted by molar-refractivity contribution is 7.87. The van der Waals surface area contributed by atoms with Crippen molar-refractivity contribution >= 4 is 31.6 Å². The molecule has 0 heterocycles. The molecule has 4 aromatic carbocycles. The van der Waals surface area contributed by atoms with Crippen LogP contribution in [0.2, 0.25) is 0 Å². The van der Waals surface area contributed by atoms with Gasteiger partial charge in [0, 0.05) is 30.9 Å². The van der Waals surface area contributed by atoms with E-state index in [1.54, 1.807) is 24.3 Å². The minimum Gasteiger partial charge on any atom is -0.508 e. The average molecular weight is 955 g/mol. The van der Waals surface area contributed by atoms with E-state index < -0.39 is 30.1 Å². The van der Waals surface area contributed by atoms with Gasteiger partial charge >= 0.3 is 0 Å². The normalized spacial score (nSPS) is 11.2. The molecule has 65 heavy (non-hydrogen) atoms. The Kier molecular flexibility index (Phi) is 28.0. The van der Waals surface area contributed by atoms with E-state index in [0.29, 0.717) is 71.8 Å². The Morgan fingerprint density at radius 2 is 0.754 bits per heavy atom. The summed E-state index contributed by atoms with van der Waals surface area (Å²) >= 11 is 0. The lowest BCUT2D eigenvalue weighted by Gasteiger charge is -2.09. The highest BCUT2D eigenvalue weighted by Crippen LogP contribution is 2.18. The van der Waals surface area contributed by atoms with Crippen LogP contribution in [0.1, 0.15) is 24.5 Å². The Hall–Kier alpha value is -5.14. The molecule has 0 bridgehead atoms. The van der Waals surface area contributed by atoms with Gasteiger partial charge in [0.1, 0.15) is 18.1 Å². The lowest BCUT2D eigenvalue weighted by molar-refractivity contribution is -0.385. The van der Waals surface area contributed by atoms with Crippen molar-refractivity contribution in [3.8, 4) is 11.5 Å². The maximum Gasteiger partial charge on any atom is 0.297 e. The average Bonchev–Trinajstić information content (AvgIpc) is 3.28. The molecule has 0 aliphatic rings. The van der Waals surface area contributed by atoms with Gasteiger partial charge in [-0.25, -0.2) is 0 Å². The van der Waals surface area contributed by atoms with E-state index >= 15 is 0 Å². The van der Waals surface area contributed by atoms with Crippen LogP contribution in [0.25, 0.3) is 0 Å². The second kappa shape index (κ2) is 32.5. The van der Waals surface area contributed by atoms with Gasteiger partial charge in [0.05, 0.1) is 106 Å². The molecule has 0 saturated carbocycles.